The standard InChI is InChI=1S/C19H14N2O2S2/c22-18(21-19-20-15-8-4-5-9-17(15)25-19)16-11-10-13(23-16)12-24-14-6-2-1-3-7-14/h1-11H,12H2,(H,20,21,22). The molecule has 2 aromatic heterocycles. The minimum absolute atomic E-state index is 0.282. The van der Waals surface area contributed by atoms with Gasteiger partial charge in [0.15, 0.2) is 10.9 Å². The molecule has 0 fully saturated rings. The zero-order valence-electron chi connectivity index (χ0n) is 13.1. The molecule has 4 aromatic rings. The fraction of sp³-hybridized carbons (Fsp3) is 0.0526. The molecule has 0 saturated carbocycles. The molecule has 1 N–H and O–H groups in total. The van der Waals surface area contributed by atoms with Gasteiger partial charge in [-0.1, -0.05) is 41.7 Å². The number of hydrogen-bond donors (Lipinski definition) is 1. The van der Waals surface area contributed by atoms with Crippen molar-refractivity contribution in [3.8, 4) is 0 Å². The SMILES string of the molecule is O=C(Nc1nc2ccccc2s1)c1ccc(CSc2ccccc2)o1. The highest BCUT2D eigenvalue weighted by atomic mass is 32.2. The summed E-state index contributed by atoms with van der Waals surface area (Å²) < 4.78 is 6.70. The number of hydrogen-bond acceptors (Lipinski definition) is 5. The Balaban J connectivity index is 1.41. The molecule has 6 heteroatoms. The van der Waals surface area contributed by atoms with Gasteiger partial charge in [0, 0.05) is 4.90 Å². The highest BCUT2D eigenvalue weighted by Crippen LogP contribution is 2.27. The van der Waals surface area contributed by atoms with Crippen molar-refractivity contribution in [2.24, 2.45) is 0 Å². The van der Waals surface area contributed by atoms with Crippen LogP contribution in [0.3, 0.4) is 0 Å². The third kappa shape index (κ3) is 3.75. The first-order valence-corrected chi connectivity index (χ1v) is 9.51. The van der Waals surface area contributed by atoms with Crippen LogP contribution in [0.25, 0.3) is 10.2 Å². The number of aromatic nitrogens is 1. The van der Waals surface area contributed by atoms with Crippen LogP contribution in [0, 0.1) is 0 Å². The lowest BCUT2D eigenvalue weighted by Gasteiger charge is -1.99. The lowest BCUT2D eigenvalue weighted by molar-refractivity contribution is 0.0995. The van der Waals surface area contributed by atoms with Gasteiger partial charge in [-0.25, -0.2) is 4.98 Å². The Labute approximate surface area is 152 Å². The molecule has 25 heavy (non-hydrogen) atoms. The second-order valence-corrected chi connectivity index (χ2v) is 7.39. The summed E-state index contributed by atoms with van der Waals surface area (Å²) in [5, 5.41) is 3.37. The van der Waals surface area contributed by atoms with E-state index >= 15 is 0 Å². The maximum Gasteiger partial charge on any atom is 0.293 e. The summed E-state index contributed by atoms with van der Waals surface area (Å²) in [4.78, 5) is 17.9. The van der Waals surface area contributed by atoms with E-state index in [9.17, 15) is 4.79 Å². The number of nitrogens with one attached hydrogen (secondary N) is 1. The number of carbonyl (C=O) groups excluding carboxylic acids is 1. The monoisotopic (exact) mass is 366 g/mol. The van der Waals surface area contributed by atoms with E-state index in [-0.39, 0.29) is 5.91 Å². The number of thiazole rings is 1. The number of carbonyl (C=O) groups is 1. The third-order valence-corrected chi connectivity index (χ3v) is 5.51. The molecule has 0 aliphatic rings. The van der Waals surface area contributed by atoms with Crippen LogP contribution in [0.4, 0.5) is 5.13 Å². The number of thioether (sulfide) groups is 1. The third-order valence-electron chi connectivity index (χ3n) is 3.52. The number of benzene rings is 2. The molecule has 0 radical (unpaired) electrons. The van der Waals surface area contributed by atoms with Gasteiger partial charge in [0.1, 0.15) is 5.76 Å². The highest BCUT2D eigenvalue weighted by molar-refractivity contribution is 7.98. The number of furan rings is 1. The summed E-state index contributed by atoms with van der Waals surface area (Å²) in [7, 11) is 0. The fourth-order valence-corrected chi connectivity index (χ4v) is 4.01. The first-order chi connectivity index (χ1) is 12.3. The molecule has 4 nitrogen and oxygen atoms in total. The summed E-state index contributed by atoms with van der Waals surface area (Å²) in [5.41, 5.74) is 0.877. The molecular formula is C19H14N2O2S2. The molecule has 0 unspecified atom stereocenters. The van der Waals surface area contributed by atoms with Crippen LogP contribution >= 0.6 is 23.1 Å². The fourth-order valence-electron chi connectivity index (χ4n) is 2.33. The molecule has 2 heterocycles. The Morgan fingerprint density at radius 1 is 1.04 bits per heavy atom. The van der Waals surface area contributed by atoms with Crippen molar-refractivity contribution in [3.05, 3.63) is 78.3 Å². The smallest absolute Gasteiger partial charge is 0.293 e. The second kappa shape index (κ2) is 7.13. The zero-order chi connectivity index (χ0) is 17.1. The van der Waals surface area contributed by atoms with Crippen LogP contribution in [0.5, 0.6) is 0 Å². The largest absolute Gasteiger partial charge is 0.455 e. The summed E-state index contributed by atoms with van der Waals surface area (Å²) >= 11 is 3.12. The highest BCUT2D eigenvalue weighted by Gasteiger charge is 2.14. The molecule has 1 amide bonds. The molecule has 0 spiro atoms. The molecule has 0 aliphatic carbocycles. The van der Waals surface area contributed by atoms with Crippen molar-refractivity contribution in [2.45, 2.75) is 10.6 Å². The van der Waals surface area contributed by atoms with E-state index in [0.29, 0.717) is 16.6 Å². The second-order valence-electron chi connectivity index (χ2n) is 5.31. The van der Waals surface area contributed by atoms with Crippen molar-refractivity contribution in [1.82, 2.24) is 4.98 Å². The van der Waals surface area contributed by atoms with Gasteiger partial charge in [-0.15, -0.1) is 11.8 Å². The average molecular weight is 366 g/mol. The van der Waals surface area contributed by atoms with E-state index in [1.165, 1.54) is 16.2 Å². The predicted octanol–water partition coefficient (Wildman–Crippen LogP) is 5.43. The number of anilines is 1. The molecule has 0 atom stereocenters. The number of nitrogens with zero attached hydrogens (tertiary/aromatic N) is 1. The predicted molar refractivity (Wildman–Crippen MR) is 102 cm³/mol. The minimum atomic E-state index is -0.282. The average Bonchev–Trinajstić information content (AvgIpc) is 3.27. The molecule has 124 valence electrons. The quantitative estimate of drug-likeness (QED) is 0.478. The number of rotatable bonds is 5. The van der Waals surface area contributed by atoms with Crippen LogP contribution in [-0.2, 0) is 5.75 Å². The van der Waals surface area contributed by atoms with Gasteiger partial charge < -0.3 is 4.42 Å². The Kier molecular flexibility index (Phi) is 4.54. The van der Waals surface area contributed by atoms with Gasteiger partial charge in [0.2, 0.25) is 0 Å². The zero-order valence-corrected chi connectivity index (χ0v) is 14.8. The summed E-state index contributed by atoms with van der Waals surface area (Å²) in [5.74, 6) is 1.46. The van der Waals surface area contributed by atoms with Crippen LogP contribution in [0.1, 0.15) is 16.3 Å². The van der Waals surface area contributed by atoms with Gasteiger partial charge in [-0.2, -0.15) is 0 Å². The molecule has 0 saturated heterocycles. The van der Waals surface area contributed by atoms with Gasteiger partial charge in [0.25, 0.3) is 5.91 Å². The topological polar surface area (TPSA) is 55.1 Å². The van der Waals surface area contributed by atoms with E-state index < -0.39 is 0 Å². The lowest BCUT2D eigenvalue weighted by atomic mass is 10.3. The first-order valence-electron chi connectivity index (χ1n) is 7.71. The van der Waals surface area contributed by atoms with Crippen molar-refractivity contribution in [3.63, 3.8) is 0 Å². The van der Waals surface area contributed by atoms with Gasteiger partial charge in [0.05, 0.1) is 16.0 Å². The molecule has 2 aromatic carbocycles. The van der Waals surface area contributed by atoms with Gasteiger partial charge in [-0.05, 0) is 36.4 Å². The van der Waals surface area contributed by atoms with Crippen molar-refractivity contribution >= 4 is 44.4 Å². The van der Waals surface area contributed by atoms with Gasteiger partial charge in [-0.3, -0.25) is 10.1 Å². The van der Waals surface area contributed by atoms with E-state index in [0.717, 1.165) is 16.0 Å². The van der Waals surface area contributed by atoms with E-state index in [2.05, 4.69) is 10.3 Å². The summed E-state index contributed by atoms with van der Waals surface area (Å²) in [6.07, 6.45) is 0. The molecular weight excluding hydrogens is 352 g/mol. The number of amides is 1. The van der Waals surface area contributed by atoms with Crippen LogP contribution in [-0.4, -0.2) is 10.9 Å². The Bertz CT molecular complexity index is 975. The van der Waals surface area contributed by atoms with Gasteiger partial charge >= 0.3 is 0 Å². The summed E-state index contributed by atoms with van der Waals surface area (Å²) in [6, 6.07) is 21.4. The normalized spacial score (nSPS) is 10.9. The number of para-hydroxylation sites is 1. The minimum Gasteiger partial charge on any atom is -0.455 e. The molecule has 0 bridgehead atoms. The maximum atomic E-state index is 12.3. The van der Waals surface area contributed by atoms with Crippen LogP contribution in [0.2, 0.25) is 0 Å². The van der Waals surface area contributed by atoms with E-state index in [1.807, 2.05) is 60.7 Å². The van der Waals surface area contributed by atoms with Crippen molar-refractivity contribution < 1.29 is 9.21 Å². The first kappa shape index (κ1) is 15.9. The van der Waals surface area contributed by atoms with Crippen LogP contribution < -0.4 is 5.32 Å². The maximum absolute atomic E-state index is 12.3. The Hall–Kier alpha value is -2.57. The Morgan fingerprint density at radius 2 is 1.84 bits per heavy atom. The van der Waals surface area contributed by atoms with Crippen LogP contribution in [0.15, 0.2) is 76.0 Å². The molecule has 4 rings (SSSR count). The van der Waals surface area contributed by atoms with E-state index in [1.54, 1.807) is 17.8 Å². The van der Waals surface area contributed by atoms with Crippen molar-refractivity contribution in [1.29, 1.82) is 0 Å². The Morgan fingerprint density at radius 3 is 2.68 bits per heavy atom. The van der Waals surface area contributed by atoms with E-state index in [4.69, 9.17) is 4.42 Å². The summed E-state index contributed by atoms with van der Waals surface area (Å²) in [6.45, 7) is 0. The number of fused-ring (bicyclic) bond motifs is 1. The molecule has 0 aliphatic heterocycles. The lowest BCUT2D eigenvalue weighted by Crippen LogP contribution is -2.10. The van der Waals surface area contributed by atoms with Crippen molar-refractivity contribution in [2.75, 3.05) is 5.32 Å².